The summed E-state index contributed by atoms with van der Waals surface area (Å²) in [5.74, 6) is 0.105. The van der Waals surface area contributed by atoms with Crippen molar-refractivity contribution < 1.29 is 9.53 Å². The monoisotopic (exact) mass is 284 g/mol. The number of nitrogens with zero attached hydrogens (tertiary/aromatic N) is 2. The Morgan fingerprint density at radius 3 is 2.48 bits per heavy atom. The fraction of sp³-hybridized carbons (Fsp3) is 0.353. The van der Waals surface area contributed by atoms with Crippen molar-refractivity contribution in [2.75, 3.05) is 26.3 Å². The second-order valence-electron chi connectivity index (χ2n) is 5.36. The molecule has 0 spiro atoms. The van der Waals surface area contributed by atoms with Crippen molar-refractivity contribution in [3.05, 3.63) is 47.7 Å². The molecule has 0 radical (unpaired) electrons. The summed E-state index contributed by atoms with van der Waals surface area (Å²) in [6.07, 6.45) is 0. The van der Waals surface area contributed by atoms with E-state index >= 15 is 0 Å². The Kier molecular flexibility index (Phi) is 3.80. The van der Waals surface area contributed by atoms with Crippen LogP contribution >= 0.6 is 0 Å². The summed E-state index contributed by atoms with van der Waals surface area (Å²) in [6.45, 7) is 4.61. The maximum absolute atomic E-state index is 12.7. The number of carbonyl (C=O) groups excluding carboxylic acids is 1. The van der Waals surface area contributed by atoms with E-state index in [1.165, 1.54) is 0 Å². The molecule has 0 unspecified atom stereocenters. The fourth-order valence-corrected chi connectivity index (χ4v) is 2.74. The Hall–Kier alpha value is -2.07. The summed E-state index contributed by atoms with van der Waals surface area (Å²) < 4.78 is 7.40. The predicted octanol–water partition coefficient (Wildman–Crippen LogP) is 2.47. The molecule has 1 amide bonds. The van der Waals surface area contributed by atoms with Gasteiger partial charge in [0.2, 0.25) is 0 Å². The van der Waals surface area contributed by atoms with Crippen molar-refractivity contribution in [2.24, 2.45) is 7.05 Å². The highest BCUT2D eigenvalue weighted by molar-refractivity contribution is 5.97. The molecule has 21 heavy (non-hydrogen) atoms. The SMILES string of the molecule is Cc1c(C(=O)N2CCOCC2)cc(-c2ccccc2)n1C. The van der Waals surface area contributed by atoms with Gasteiger partial charge in [0, 0.05) is 31.5 Å². The van der Waals surface area contributed by atoms with Crippen molar-refractivity contribution in [1.29, 1.82) is 0 Å². The number of ether oxygens (including phenoxy) is 1. The molecule has 2 heterocycles. The Morgan fingerprint density at radius 1 is 1.14 bits per heavy atom. The number of morpholine rings is 1. The largest absolute Gasteiger partial charge is 0.378 e. The first-order valence-corrected chi connectivity index (χ1v) is 7.27. The highest BCUT2D eigenvalue weighted by Gasteiger charge is 2.23. The minimum atomic E-state index is 0.105. The van der Waals surface area contributed by atoms with Crippen LogP contribution in [0.5, 0.6) is 0 Å². The van der Waals surface area contributed by atoms with Crippen LogP contribution < -0.4 is 0 Å². The van der Waals surface area contributed by atoms with Gasteiger partial charge in [-0.2, -0.15) is 0 Å². The number of carbonyl (C=O) groups is 1. The topological polar surface area (TPSA) is 34.5 Å². The third-order valence-electron chi connectivity index (χ3n) is 4.13. The van der Waals surface area contributed by atoms with E-state index in [0.29, 0.717) is 26.3 Å². The van der Waals surface area contributed by atoms with Crippen LogP contribution in [0.3, 0.4) is 0 Å². The molecular formula is C17H20N2O2. The lowest BCUT2D eigenvalue weighted by atomic mass is 10.1. The van der Waals surface area contributed by atoms with Gasteiger partial charge in [0.1, 0.15) is 0 Å². The van der Waals surface area contributed by atoms with E-state index in [1.54, 1.807) is 0 Å². The molecule has 0 saturated carbocycles. The standard InChI is InChI=1S/C17H20N2O2/c1-13-15(17(20)19-8-10-21-11-9-19)12-16(18(13)2)14-6-4-3-5-7-14/h3-7,12H,8-11H2,1-2H3. The van der Waals surface area contributed by atoms with Crippen LogP contribution in [0.1, 0.15) is 16.1 Å². The van der Waals surface area contributed by atoms with Gasteiger partial charge >= 0.3 is 0 Å². The molecule has 110 valence electrons. The number of amides is 1. The minimum Gasteiger partial charge on any atom is -0.378 e. The highest BCUT2D eigenvalue weighted by atomic mass is 16.5. The van der Waals surface area contributed by atoms with Crippen LogP contribution in [0.2, 0.25) is 0 Å². The lowest BCUT2D eigenvalue weighted by Crippen LogP contribution is -2.40. The Morgan fingerprint density at radius 2 is 1.81 bits per heavy atom. The highest BCUT2D eigenvalue weighted by Crippen LogP contribution is 2.25. The van der Waals surface area contributed by atoms with Crippen LogP contribution in [0.25, 0.3) is 11.3 Å². The summed E-state index contributed by atoms with van der Waals surface area (Å²) >= 11 is 0. The number of rotatable bonds is 2. The van der Waals surface area contributed by atoms with Crippen molar-refractivity contribution >= 4 is 5.91 Å². The summed E-state index contributed by atoms with van der Waals surface area (Å²) in [7, 11) is 2.01. The number of hydrogen-bond donors (Lipinski definition) is 0. The molecule has 0 atom stereocenters. The lowest BCUT2D eigenvalue weighted by Gasteiger charge is -2.26. The average molecular weight is 284 g/mol. The van der Waals surface area contributed by atoms with E-state index in [4.69, 9.17) is 4.74 Å². The Balaban J connectivity index is 1.95. The van der Waals surface area contributed by atoms with Crippen LogP contribution in [0.15, 0.2) is 36.4 Å². The molecule has 1 saturated heterocycles. The first-order chi connectivity index (χ1) is 10.2. The van der Waals surface area contributed by atoms with E-state index in [1.807, 2.05) is 43.1 Å². The summed E-state index contributed by atoms with van der Waals surface area (Å²) in [5, 5.41) is 0. The van der Waals surface area contributed by atoms with Crippen LogP contribution in [0, 0.1) is 6.92 Å². The van der Waals surface area contributed by atoms with Gasteiger partial charge in [-0.05, 0) is 18.6 Å². The Bertz CT molecular complexity index is 640. The molecule has 1 aliphatic heterocycles. The lowest BCUT2D eigenvalue weighted by molar-refractivity contribution is 0.0302. The van der Waals surface area contributed by atoms with Crippen LogP contribution in [0.4, 0.5) is 0 Å². The molecule has 0 aliphatic carbocycles. The molecule has 3 rings (SSSR count). The van der Waals surface area contributed by atoms with Gasteiger partial charge in [-0.25, -0.2) is 0 Å². The molecule has 1 aliphatic rings. The summed E-state index contributed by atoms with van der Waals surface area (Å²) in [4.78, 5) is 14.6. The number of aromatic nitrogens is 1. The maximum atomic E-state index is 12.7. The van der Waals surface area contributed by atoms with Gasteiger partial charge in [-0.15, -0.1) is 0 Å². The van der Waals surface area contributed by atoms with Gasteiger partial charge in [0.25, 0.3) is 5.91 Å². The third-order valence-corrected chi connectivity index (χ3v) is 4.13. The first kappa shape index (κ1) is 13.9. The Labute approximate surface area is 124 Å². The van der Waals surface area contributed by atoms with E-state index in [0.717, 1.165) is 22.5 Å². The van der Waals surface area contributed by atoms with E-state index < -0.39 is 0 Å². The fourth-order valence-electron chi connectivity index (χ4n) is 2.74. The first-order valence-electron chi connectivity index (χ1n) is 7.27. The molecule has 4 nitrogen and oxygen atoms in total. The molecule has 1 fully saturated rings. The second-order valence-corrected chi connectivity index (χ2v) is 5.36. The van der Waals surface area contributed by atoms with Gasteiger partial charge in [0.15, 0.2) is 0 Å². The summed E-state index contributed by atoms with van der Waals surface area (Å²) in [6, 6.07) is 12.2. The van der Waals surface area contributed by atoms with Gasteiger partial charge in [0.05, 0.1) is 18.8 Å². The molecule has 0 bridgehead atoms. The maximum Gasteiger partial charge on any atom is 0.255 e. The van der Waals surface area contributed by atoms with Crippen molar-refractivity contribution in [3.63, 3.8) is 0 Å². The third kappa shape index (κ3) is 2.59. The van der Waals surface area contributed by atoms with E-state index in [2.05, 4.69) is 16.7 Å². The zero-order valence-electron chi connectivity index (χ0n) is 12.5. The smallest absolute Gasteiger partial charge is 0.255 e. The average Bonchev–Trinajstić information content (AvgIpc) is 2.84. The van der Waals surface area contributed by atoms with Gasteiger partial charge < -0.3 is 14.2 Å². The van der Waals surface area contributed by atoms with Crippen molar-refractivity contribution in [1.82, 2.24) is 9.47 Å². The van der Waals surface area contributed by atoms with E-state index in [9.17, 15) is 4.79 Å². The molecular weight excluding hydrogens is 264 g/mol. The normalized spacial score (nSPS) is 15.2. The van der Waals surface area contributed by atoms with Crippen LogP contribution in [-0.4, -0.2) is 41.7 Å². The van der Waals surface area contributed by atoms with Crippen molar-refractivity contribution in [3.8, 4) is 11.3 Å². The number of hydrogen-bond acceptors (Lipinski definition) is 2. The molecule has 1 aromatic heterocycles. The molecule has 0 N–H and O–H groups in total. The molecule has 1 aromatic carbocycles. The quantitative estimate of drug-likeness (QED) is 0.849. The van der Waals surface area contributed by atoms with Gasteiger partial charge in [-0.3, -0.25) is 4.79 Å². The summed E-state index contributed by atoms with van der Waals surface area (Å²) in [5.41, 5.74) is 4.00. The molecule has 4 heteroatoms. The zero-order valence-corrected chi connectivity index (χ0v) is 12.5. The molecule has 2 aromatic rings. The number of benzene rings is 1. The zero-order chi connectivity index (χ0) is 14.8. The second kappa shape index (κ2) is 5.74. The predicted molar refractivity (Wildman–Crippen MR) is 82.3 cm³/mol. The van der Waals surface area contributed by atoms with Crippen molar-refractivity contribution in [2.45, 2.75) is 6.92 Å². The van der Waals surface area contributed by atoms with E-state index in [-0.39, 0.29) is 5.91 Å². The van der Waals surface area contributed by atoms with Crippen LogP contribution in [-0.2, 0) is 11.8 Å². The minimum absolute atomic E-state index is 0.105. The van der Waals surface area contributed by atoms with Gasteiger partial charge in [-0.1, -0.05) is 30.3 Å².